The number of nitrogens with zero attached hydrogens (tertiary/aromatic N) is 2. The fourth-order valence-electron chi connectivity index (χ4n) is 3.14. The maximum atomic E-state index is 5.34. The van der Waals surface area contributed by atoms with Crippen molar-refractivity contribution in [1.82, 2.24) is 15.5 Å². The van der Waals surface area contributed by atoms with Crippen LogP contribution in [0.1, 0.15) is 58.3 Å². The van der Waals surface area contributed by atoms with Crippen LogP contribution in [0.2, 0.25) is 0 Å². The summed E-state index contributed by atoms with van der Waals surface area (Å²) in [5.41, 5.74) is 0. The fraction of sp³-hybridized carbons (Fsp3) is 0.944. The molecule has 0 bridgehead atoms. The van der Waals surface area contributed by atoms with Gasteiger partial charge in [0.25, 0.3) is 0 Å². The summed E-state index contributed by atoms with van der Waals surface area (Å²) in [6.07, 6.45) is 10.4. The Hall–Kier alpha value is -0.0800. The Morgan fingerprint density at radius 3 is 2.38 bits per heavy atom. The number of rotatable bonds is 11. The van der Waals surface area contributed by atoms with E-state index in [2.05, 4.69) is 27.6 Å². The summed E-state index contributed by atoms with van der Waals surface area (Å²) in [4.78, 5) is 6.82. The first-order valence-electron chi connectivity index (χ1n) is 9.50. The molecule has 0 radical (unpaired) electrons. The third-order valence-corrected chi connectivity index (χ3v) is 4.61. The summed E-state index contributed by atoms with van der Waals surface area (Å²) >= 11 is 0. The van der Waals surface area contributed by atoms with Gasteiger partial charge >= 0.3 is 0 Å². The number of nitrogens with one attached hydrogen (secondary N) is 2. The zero-order chi connectivity index (χ0) is 16.8. The van der Waals surface area contributed by atoms with E-state index in [0.717, 1.165) is 57.6 Å². The summed E-state index contributed by atoms with van der Waals surface area (Å²) < 4.78 is 5.34. The second kappa shape index (κ2) is 16.4. The molecule has 0 unspecified atom stereocenters. The monoisotopic (exact) mass is 454 g/mol. The molecule has 1 aliphatic carbocycles. The molecule has 1 saturated carbocycles. The Labute approximate surface area is 166 Å². The van der Waals surface area contributed by atoms with E-state index in [4.69, 9.17) is 4.74 Å². The number of hydrogen-bond donors (Lipinski definition) is 2. The van der Waals surface area contributed by atoms with E-state index in [1.54, 1.807) is 0 Å². The molecule has 5 nitrogen and oxygen atoms in total. The van der Waals surface area contributed by atoms with Crippen molar-refractivity contribution in [3.05, 3.63) is 0 Å². The standard InChI is InChI=1S/C18H38N4O.HI/c1-4-23-16-9-8-13-20-18(19-2)21-14-10-15-22(3)17-11-6-5-7-12-17;/h17H,4-16H2,1-3H3,(H2,19,20,21);1H. The van der Waals surface area contributed by atoms with Crippen LogP contribution in [0.4, 0.5) is 0 Å². The summed E-state index contributed by atoms with van der Waals surface area (Å²) in [6.45, 7) is 6.81. The Kier molecular flexibility index (Phi) is 16.3. The molecule has 0 aromatic heterocycles. The Morgan fingerprint density at radius 2 is 1.75 bits per heavy atom. The molecule has 24 heavy (non-hydrogen) atoms. The van der Waals surface area contributed by atoms with Gasteiger partial charge in [-0.2, -0.15) is 0 Å². The number of guanidine groups is 1. The molecule has 0 heterocycles. The van der Waals surface area contributed by atoms with Crippen LogP contribution in [0.5, 0.6) is 0 Å². The lowest BCUT2D eigenvalue weighted by molar-refractivity contribution is 0.143. The summed E-state index contributed by atoms with van der Waals surface area (Å²) in [6, 6.07) is 0.812. The zero-order valence-electron chi connectivity index (χ0n) is 16.0. The lowest BCUT2D eigenvalue weighted by Crippen LogP contribution is -2.40. The lowest BCUT2D eigenvalue weighted by atomic mass is 9.94. The average molecular weight is 454 g/mol. The highest BCUT2D eigenvalue weighted by atomic mass is 127. The van der Waals surface area contributed by atoms with Crippen molar-refractivity contribution in [3.8, 4) is 0 Å². The second-order valence-corrected chi connectivity index (χ2v) is 6.46. The van der Waals surface area contributed by atoms with Crippen molar-refractivity contribution in [2.75, 3.05) is 46.9 Å². The SMILES string of the molecule is CCOCCCCNC(=NC)NCCCN(C)C1CCCCC1.I. The molecule has 0 amide bonds. The molecule has 0 saturated heterocycles. The smallest absolute Gasteiger partial charge is 0.190 e. The quantitative estimate of drug-likeness (QED) is 0.218. The molecule has 1 fully saturated rings. The van der Waals surface area contributed by atoms with Gasteiger partial charge in [0, 0.05) is 39.4 Å². The topological polar surface area (TPSA) is 48.9 Å². The first-order chi connectivity index (χ1) is 11.3. The van der Waals surface area contributed by atoms with Gasteiger partial charge in [-0.05, 0) is 52.6 Å². The van der Waals surface area contributed by atoms with Gasteiger partial charge in [-0.3, -0.25) is 4.99 Å². The first kappa shape index (κ1) is 23.9. The van der Waals surface area contributed by atoms with Crippen LogP contribution in [0.25, 0.3) is 0 Å². The Morgan fingerprint density at radius 1 is 1.08 bits per heavy atom. The third-order valence-electron chi connectivity index (χ3n) is 4.61. The van der Waals surface area contributed by atoms with E-state index in [0.29, 0.717) is 0 Å². The number of unbranched alkanes of at least 4 members (excludes halogenated alkanes) is 1. The Bertz CT molecular complexity index is 309. The van der Waals surface area contributed by atoms with E-state index < -0.39 is 0 Å². The number of halogens is 1. The molecule has 1 aliphatic rings. The van der Waals surface area contributed by atoms with Crippen LogP contribution in [0.3, 0.4) is 0 Å². The molecular weight excluding hydrogens is 415 g/mol. The minimum atomic E-state index is 0. The molecule has 0 aliphatic heterocycles. The van der Waals surface area contributed by atoms with Gasteiger partial charge in [-0.15, -0.1) is 24.0 Å². The molecule has 2 N–H and O–H groups in total. The number of aliphatic imine (C=N–C) groups is 1. The van der Waals surface area contributed by atoms with Crippen molar-refractivity contribution in [1.29, 1.82) is 0 Å². The molecule has 0 aromatic carbocycles. The average Bonchev–Trinajstić information content (AvgIpc) is 2.60. The minimum Gasteiger partial charge on any atom is -0.382 e. The lowest BCUT2D eigenvalue weighted by Gasteiger charge is -2.31. The molecule has 144 valence electrons. The van der Waals surface area contributed by atoms with Gasteiger partial charge in [-0.25, -0.2) is 0 Å². The highest BCUT2D eigenvalue weighted by Gasteiger charge is 2.17. The van der Waals surface area contributed by atoms with Crippen molar-refractivity contribution >= 4 is 29.9 Å². The fourth-order valence-corrected chi connectivity index (χ4v) is 3.14. The van der Waals surface area contributed by atoms with Gasteiger partial charge in [0.05, 0.1) is 0 Å². The maximum absolute atomic E-state index is 5.34. The maximum Gasteiger partial charge on any atom is 0.190 e. The van der Waals surface area contributed by atoms with Crippen LogP contribution < -0.4 is 10.6 Å². The van der Waals surface area contributed by atoms with Crippen molar-refractivity contribution in [3.63, 3.8) is 0 Å². The van der Waals surface area contributed by atoms with E-state index in [-0.39, 0.29) is 24.0 Å². The molecule has 0 atom stereocenters. The molecular formula is C18H39IN4O. The normalized spacial score (nSPS) is 16.1. The van der Waals surface area contributed by atoms with Gasteiger partial charge in [0.15, 0.2) is 5.96 Å². The molecule has 1 rings (SSSR count). The highest BCUT2D eigenvalue weighted by molar-refractivity contribution is 14.0. The van der Waals surface area contributed by atoms with Crippen molar-refractivity contribution in [2.45, 2.75) is 64.3 Å². The predicted octanol–water partition coefficient (Wildman–Crippen LogP) is 3.24. The Balaban J connectivity index is 0.00000529. The van der Waals surface area contributed by atoms with Gasteiger partial charge in [-0.1, -0.05) is 19.3 Å². The second-order valence-electron chi connectivity index (χ2n) is 6.46. The van der Waals surface area contributed by atoms with E-state index in [1.165, 1.54) is 38.6 Å². The largest absolute Gasteiger partial charge is 0.382 e. The van der Waals surface area contributed by atoms with Crippen LogP contribution in [0.15, 0.2) is 4.99 Å². The van der Waals surface area contributed by atoms with Crippen molar-refractivity contribution in [2.24, 2.45) is 4.99 Å². The van der Waals surface area contributed by atoms with Gasteiger partial charge in [0.2, 0.25) is 0 Å². The van der Waals surface area contributed by atoms with E-state index >= 15 is 0 Å². The molecule has 0 spiro atoms. The van der Waals surface area contributed by atoms with Crippen molar-refractivity contribution < 1.29 is 4.74 Å². The summed E-state index contributed by atoms with van der Waals surface area (Å²) in [7, 11) is 4.12. The number of hydrogen-bond acceptors (Lipinski definition) is 3. The predicted molar refractivity (Wildman–Crippen MR) is 115 cm³/mol. The molecule has 0 aromatic rings. The van der Waals surface area contributed by atoms with Crippen LogP contribution in [-0.4, -0.2) is 63.8 Å². The van der Waals surface area contributed by atoms with Crippen LogP contribution in [-0.2, 0) is 4.74 Å². The zero-order valence-corrected chi connectivity index (χ0v) is 18.3. The van der Waals surface area contributed by atoms with E-state index in [9.17, 15) is 0 Å². The van der Waals surface area contributed by atoms with E-state index in [1.807, 2.05) is 14.0 Å². The highest BCUT2D eigenvalue weighted by Crippen LogP contribution is 2.21. The minimum absolute atomic E-state index is 0. The van der Waals surface area contributed by atoms with Crippen LogP contribution >= 0.6 is 24.0 Å². The summed E-state index contributed by atoms with van der Waals surface area (Å²) in [5, 5.41) is 6.78. The molecule has 6 heteroatoms. The summed E-state index contributed by atoms with van der Waals surface area (Å²) in [5.74, 6) is 0.918. The van der Waals surface area contributed by atoms with Gasteiger partial charge < -0.3 is 20.3 Å². The van der Waals surface area contributed by atoms with Gasteiger partial charge in [0.1, 0.15) is 0 Å². The first-order valence-corrected chi connectivity index (χ1v) is 9.50. The van der Waals surface area contributed by atoms with Crippen LogP contribution in [0, 0.1) is 0 Å². The number of ether oxygens (including phenoxy) is 1. The third kappa shape index (κ3) is 11.5.